The molecule has 1 aromatic carbocycles. The predicted octanol–water partition coefficient (Wildman–Crippen LogP) is 5.83. The standard InChI is InChI=1S/C26H46BNO3Si/c1-21(27-30-25(2,3)26(4,5)31-27)24(17-16-22-13-10-9-11-14-22)32(7,8)20-28-18-12-15-23(28)19-29-6/h9-11,13-14,21,23-24H,12,15-20H2,1-8H3/t21-,23+,24-/m0/s1. The highest BCUT2D eigenvalue weighted by atomic mass is 28.3. The van der Waals surface area contributed by atoms with Gasteiger partial charge in [-0.1, -0.05) is 50.3 Å². The Bertz CT molecular complexity index is 711. The highest BCUT2D eigenvalue weighted by Crippen LogP contribution is 2.47. The summed E-state index contributed by atoms with van der Waals surface area (Å²) < 4.78 is 18.6. The first-order valence-electron chi connectivity index (χ1n) is 12.6. The lowest BCUT2D eigenvalue weighted by Crippen LogP contribution is -2.51. The number of rotatable bonds is 10. The number of methoxy groups -OCH3 is 1. The van der Waals surface area contributed by atoms with Crippen LogP contribution in [-0.2, 0) is 20.5 Å². The van der Waals surface area contributed by atoms with Gasteiger partial charge in [0.15, 0.2) is 0 Å². The van der Waals surface area contributed by atoms with Gasteiger partial charge in [0.1, 0.15) is 0 Å². The zero-order chi connectivity index (χ0) is 23.6. The van der Waals surface area contributed by atoms with Gasteiger partial charge in [0.2, 0.25) is 0 Å². The van der Waals surface area contributed by atoms with E-state index in [2.05, 4.69) is 82.9 Å². The summed E-state index contributed by atoms with van der Waals surface area (Å²) in [4.78, 5) is 2.72. The van der Waals surface area contributed by atoms with Crippen LogP contribution < -0.4 is 0 Å². The monoisotopic (exact) mass is 459 g/mol. The van der Waals surface area contributed by atoms with E-state index < -0.39 is 8.07 Å². The van der Waals surface area contributed by atoms with Crippen LogP contribution in [0.5, 0.6) is 0 Å². The molecule has 32 heavy (non-hydrogen) atoms. The van der Waals surface area contributed by atoms with Crippen LogP contribution in [0.25, 0.3) is 0 Å². The summed E-state index contributed by atoms with van der Waals surface area (Å²) >= 11 is 0. The lowest BCUT2D eigenvalue weighted by Gasteiger charge is -2.41. The SMILES string of the molecule is COC[C@H]1CCCN1C[Si](C)(C)[C@@H](CCc1ccccc1)[C@H](C)B1OC(C)(C)C(C)(C)O1. The number of hydrogen-bond donors (Lipinski definition) is 0. The first-order chi connectivity index (χ1) is 15.0. The molecule has 2 aliphatic rings. The molecule has 4 nitrogen and oxygen atoms in total. The fraction of sp³-hybridized carbons (Fsp3) is 0.769. The largest absolute Gasteiger partial charge is 0.460 e. The highest BCUT2D eigenvalue weighted by molar-refractivity contribution is 6.80. The number of benzene rings is 1. The van der Waals surface area contributed by atoms with Gasteiger partial charge < -0.3 is 18.9 Å². The zero-order valence-corrected chi connectivity index (χ0v) is 22.8. The van der Waals surface area contributed by atoms with Crippen molar-refractivity contribution in [3.63, 3.8) is 0 Å². The van der Waals surface area contributed by atoms with E-state index in [1.807, 2.05) is 7.11 Å². The smallest absolute Gasteiger partial charge is 0.403 e. The van der Waals surface area contributed by atoms with E-state index in [9.17, 15) is 0 Å². The third-order valence-corrected chi connectivity index (χ3v) is 12.4. The fourth-order valence-electron chi connectivity index (χ4n) is 5.75. The molecule has 0 aromatic heterocycles. The van der Waals surface area contributed by atoms with Crippen LogP contribution in [0, 0.1) is 0 Å². The van der Waals surface area contributed by atoms with Crippen molar-refractivity contribution in [1.82, 2.24) is 4.90 Å². The quantitative estimate of drug-likeness (QED) is 0.412. The summed E-state index contributed by atoms with van der Waals surface area (Å²) in [6, 6.07) is 11.5. The van der Waals surface area contributed by atoms with E-state index in [4.69, 9.17) is 14.0 Å². The molecule has 0 saturated carbocycles. The maximum Gasteiger partial charge on any atom is 0.460 e. The molecule has 0 N–H and O–H groups in total. The van der Waals surface area contributed by atoms with Crippen molar-refractivity contribution in [2.45, 2.75) is 102 Å². The molecule has 0 radical (unpaired) electrons. The van der Waals surface area contributed by atoms with E-state index in [1.165, 1.54) is 37.5 Å². The second-order valence-electron chi connectivity index (χ2n) is 11.8. The Labute approximate surface area is 198 Å². The van der Waals surface area contributed by atoms with Gasteiger partial charge in [-0.15, -0.1) is 0 Å². The molecule has 0 aliphatic carbocycles. The van der Waals surface area contributed by atoms with Crippen LogP contribution in [0.1, 0.15) is 59.4 Å². The van der Waals surface area contributed by atoms with Gasteiger partial charge in [-0.2, -0.15) is 0 Å². The molecule has 180 valence electrons. The molecular weight excluding hydrogens is 413 g/mol. The molecule has 2 aliphatic heterocycles. The Kier molecular flexibility index (Phi) is 8.36. The second kappa shape index (κ2) is 10.3. The van der Waals surface area contributed by atoms with Crippen LogP contribution >= 0.6 is 0 Å². The maximum atomic E-state index is 6.55. The molecule has 2 fully saturated rings. The van der Waals surface area contributed by atoms with Crippen molar-refractivity contribution in [2.24, 2.45) is 0 Å². The normalized spacial score (nSPS) is 25.2. The van der Waals surface area contributed by atoms with Gasteiger partial charge in [-0.05, 0) is 83.0 Å². The number of likely N-dealkylation sites (tertiary alicyclic amines) is 1. The third-order valence-electron chi connectivity index (χ3n) is 8.39. The van der Waals surface area contributed by atoms with Crippen LogP contribution in [0.2, 0.25) is 24.5 Å². The zero-order valence-electron chi connectivity index (χ0n) is 21.8. The summed E-state index contributed by atoms with van der Waals surface area (Å²) in [6.45, 7) is 18.3. The molecule has 0 spiro atoms. The number of ether oxygens (including phenoxy) is 1. The van der Waals surface area contributed by atoms with Crippen molar-refractivity contribution in [2.75, 3.05) is 26.4 Å². The van der Waals surface area contributed by atoms with Crippen LogP contribution in [-0.4, -0.2) is 63.8 Å². The van der Waals surface area contributed by atoms with Crippen molar-refractivity contribution in [3.8, 4) is 0 Å². The second-order valence-corrected chi connectivity index (χ2v) is 16.9. The number of hydrogen-bond acceptors (Lipinski definition) is 4. The Morgan fingerprint density at radius 1 is 1.12 bits per heavy atom. The van der Waals surface area contributed by atoms with Gasteiger partial charge in [-0.25, -0.2) is 0 Å². The minimum Gasteiger partial charge on any atom is -0.403 e. The van der Waals surface area contributed by atoms with Gasteiger partial charge in [0.25, 0.3) is 0 Å². The van der Waals surface area contributed by atoms with E-state index in [-0.39, 0.29) is 18.3 Å². The molecule has 0 amide bonds. The third kappa shape index (κ3) is 5.87. The number of nitrogens with zero attached hydrogens (tertiary/aromatic N) is 1. The van der Waals surface area contributed by atoms with Gasteiger partial charge in [-0.3, -0.25) is 0 Å². The van der Waals surface area contributed by atoms with E-state index in [1.54, 1.807) is 0 Å². The van der Waals surface area contributed by atoms with Crippen LogP contribution in [0.15, 0.2) is 30.3 Å². The molecule has 1 aromatic rings. The predicted molar refractivity (Wildman–Crippen MR) is 138 cm³/mol. The number of aryl methyl sites for hydroxylation is 1. The van der Waals surface area contributed by atoms with Crippen LogP contribution in [0.3, 0.4) is 0 Å². The average Bonchev–Trinajstić information content (AvgIpc) is 3.22. The molecule has 0 bridgehead atoms. The minimum absolute atomic E-state index is 0.138. The van der Waals surface area contributed by atoms with Crippen LogP contribution in [0.4, 0.5) is 0 Å². The van der Waals surface area contributed by atoms with Crippen molar-refractivity contribution in [3.05, 3.63) is 35.9 Å². The first-order valence-corrected chi connectivity index (χ1v) is 15.9. The summed E-state index contributed by atoms with van der Waals surface area (Å²) in [7, 11) is 0.0620. The molecule has 2 saturated heterocycles. The molecule has 3 rings (SSSR count). The Morgan fingerprint density at radius 2 is 1.75 bits per heavy atom. The Morgan fingerprint density at radius 3 is 2.34 bits per heavy atom. The van der Waals surface area contributed by atoms with E-state index in [0.717, 1.165) is 13.0 Å². The van der Waals surface area contributed by atoms with Gasteiger partial charge in [0.05, 0.1) is 25.9 Å². The lowest BCUT2D eigenvalue weighted by molar-refractivity contribution is 0.00578. The van der Waals surface area contributed by atoms with E-state index in [0.29, 0.717) is 17.4 Å². The van der Waals surface area contributed by atoms with Crippen molar-refractivity contribution >= 4 is 15.2 Å². The Hall–Kier alpha value is -0.658. The average molecular weight is 460 g/mol. The van der Waals surface area contributed by atoms with Crippen molar-refractivity contribution < 1.29 is 14.0 Å². The molecule has 0 unspecified atom stereocenters. The summed E-state index contributed by atoms with van der Waals surface area (Å²) in [5, 5.41) is 0. The summed E-state index contributed by atoms with van der Waals surface area (Å²) in [5.41, 5.74) is 1.49. The van der Waals surface area contributed by atoms with Gasteiger partial charge in [0, 0.05) is 13.2 Å². The minimum atomic E-state index is -1.64. The molecular formula is C26H46BNO3Si. The maximum absolute atomic E-state index is 6.55. The first kappa shape index (κ1) is 26.0. The highest BCUT2D eigenvalue weighted by Gasteiger charge is 2.55. The topological polar surface area (TPSA) is 30.9 Å². The summed E-state index contributed by atoms with van der Waals surface area (Å²) in [5.74, 6) is 0.366. The fourth-order valence-corrected chi connectivity index (χ4v) is 9.95. The molecule has 3 atom stereocenters. The molecule has 6 heteroatoms. The lowest BCUT2D eigenvalue weighted by atomic mass is 9.70. The summed E-state index contributed by atoms with van der Waals surface area (Å²) in [6.07, 6.45) is 6.09. The van der Waals surface area contributed by atoms with Crippen molar-refractivity contribution in [1.29, 1.82) is 0 Å². The Balaban J connectivity index is 1.79. The molecule has 2 heterocycles. The van der Waals surface area contributed by atoms with Gasteiger partial charge >= 0.3 is 7.12 Å². The van der Waals surface area contributed by atoms with E-state index >= 15 is 0 Å².